The van der Waals surface area contributed by atoms with Gasteiger partial charge < -0.3 is 9.84 Å². The minimum atomic E-state index is -3.82. The highest BCUT2D eigenvalue weighted by Crippen LogP contribution is 2.20. The maximum atomic E-state index is 12.9. The summed E-state index contributed by atoms with van der Waals surface area (Å²) in [5.74, 6) is 0.876. The molecule has 0 spiro atoms. The van der Waals surface area contributed by atoms with Gasteiger partial charge in [-0.05, 0) is 48.4 Å². The highest BCUT2D eigenvalue weighted by molar-refractivity contribution is 7.99. The highest BCUT2D eigenvalue weighted by atomic mass is 32.2. The topological polar surface area (TPSA) is 88.5 Å². The van der Waals surface area contributed by atoms with Gasteiger partial charge in [0.05, 0.1) is 29.2 Å². The van der Waals surface area contributed by atoms with Gasteiger partial charge >= 0.3 is 0 Å². The lowest BCUT2D eigenvalue weighted by Crippen LogP contribution is -2.45. The lowest BCUT2D eigenvalue weighted by Gasteiger charge is -2.24. The molecule has 0 saturated carbocycles. The molecule has 3 aromatic rings. The third-order valence-electron chi connectivity index (χ3n) is 4.48. The van der Waals surface area contributed by atoms with E-state index in [1.165, 1.54) is 31.0 Å². The molecule has 2 aromatic carbocycles. The first-order chi connectivity index (χ1) is 14.5. The fourth-order valence-electron chi connectivity index (χ4n) is 2.87. The number of methoxy groups -OCH3 is 1. The molecule has 2 atom stereocenters. The number of hydrogen-bond donors (Lipinski definition) is 2. The highest BCUT2D eigenvalue weighted by Gasteiger charge is 2.26. The number of hydrogen-bond acceptors (Lipinski definition) is 6. The van der Waals surface area contributed by atoms with Crippen molar-refractivity contribution in [2.75, 3.05) is 12.9 Å². The van der Waals surface area contributed by atoms with Crippen LogP contribution in [-0.2, 0) is 16.4 Å². The van der Waals surface area contributed by atoms with E-state index in [0.29, 0.717) is 17.9 Å². The maximum absolute atomic E-state index is 12.9. The number of benzene rings is 2. The Bertz CT molecular complexity index is 1010. The largest absolute Gasteiger partial charge is 0.497 e. The number of sulfonamides is 1. The molecular weight excluding hydrogens is 420 g/mol. The van der Waals surface area contributed by atoms with E-state index in [1.54, 1.807) is 18.3 Å². The molecule has 0 aliphatic heterocycles. The summed E-state index contributed by atoms with van der Waals surface area (Å²) in [4.78, 5) is 4.35. The van der Waals surface area contributed by atoms with Crippen molar-refractivity contribution >= 4 is 21.8 Å². The van der Waals surface area contributed by atoms with Crippen LogP contribution in [0.2, 0.25) is 0 Å². The summed E-state index contributed by atoms with van der Waals surface area (Å²) in [7, 11) is -2.30. The normalized spacial score (nSPS) is 13.5. The number of nitrogens with one attached hydrogen (secondary N) is 1. The van der Waals surface area contributed by atoms with Crippen molar-refractivity contribution in [3.63, 3.8) is 0 Å². The molecule has 1 heterocycles. The van der Waals surface area contributed by atoms with Crippen LogP contribution in [0, 0.1) is 0 Å². The number of aliphatic hydroxyl groups excluding tert-OH is 1. The molecule has 0 fully saturated rings. The van der Waals surface area contributed by atoms with Crippen LogP contribution in [0.15, 0.2) is 88.9 Å². The van der Waals surface area contributed by atoms with Gasteiger partial charge in [0.15, 0.2) is 0 Å². The van der Waals surface area contributed by atoms with Crippen molar-refractivity contribution in [2.24, 2.45) is 0 Å². The van der Waals surface area contributed by atoms with Gasteiger partial charge in [-0.15, -0.1) is 11.8 Å². The average molecular weight is 445 g/mol. The van der Waals surface area contributed by atoms with Gasteiger partial charge in [0.2, 0.25) is 10.0 Å². The molecule has 0 unspecified atom stereocenters. The van der Waals surface area contributed by atoms with Crippen LogP contribution in [0.1, 0.15) is 5.56 Å². The molecule has 0 saturated heterocycles. The molecule has 6 nitrogen and oxygen atoms in total. The van der Waals surface area contributed by atoms with Gasteiger partial charge in [-0.3, -0.25) is 0 Å². The van der Waals surface area contributed by atoms with Gasteiger partial charge in [0, 0.05) is 11.9 Å². The summed E-state index contributed by atoms with van der Waals surface area (Å²) in [5, 5.41) is 11.6. The van der Waals surface area contributed by atoms with Crippen molar-refractivity contribution in [3.05, 3.63) is 84.6 Å². The van der Waals surface area contributed by atoms with Gasteiger partial charge in [-0.1, -0.05) is 36.4 Å². The van der Waals surface area contributed by atoms with E-state index in [1.807, 2.05) is 48.5 Å². The Morgan fingerprint density at radius 3 is 2.37 bits per heavy atom. The lowest BCUT2D eigenvalue weighted by molar-refractivity contribution is 0.160. The van der Waals surface area contributed by atoms with E-state index < -0.39 is 22.2 Å². The summed E-state index contributed by atoms with van der Waals surface area (Å²) in [6.07, 6.45) is 1.13. The van der Waals surface area contributed by atoms with Crippen LogP contribution in [0.4, 0.5) is 0 Å². The fraction of sp³-hybridized carbons (Fsp3) is 0.227. The van der Waals surface area contributed by atoms with E-state index in [2.05, 4.69) is 9.71 Å². The Kier molecular flexibility index (Phi) is 7.87. The van der Waals surface area contributed by atoms with Crippen molar-refractivity contribution < 1.29 is 18.3 Å². The molecule has 158 valence electrons. The van der Waals surface area contributed by atoms with Crippen LogP contribution in [-0.4, -0.2) is 43.5 Å². The van der Waals surface area contributed by atoms with Crippen LogP contribution < -0.4 is 9.46 Å². The minimum Gasteiger partial charge on any atom is -0.497 e. The molecule has 0 bridgehead atoms. The van der Waals surface area contributed by atoms with Gasteiger partial charge in [0.1, 0.15) is 5.75 Å². The number of aliphatic hydroxyl groups is 1. The Morgan fingerprint density at radius 1 is 1.03 bits per heavy atom. The molecule has 0 amide bonds. The quantitative estimate of drug-likeness (QED) is 0.467. The zero-order valence-corrected chi connectivity index (χ0v) is 18.1. The lowest BCUT2D eigenvalue weighted by atomic mass is 10.0. The SMILES string of the molecule is COc1ccc(S(=O)(=O)N[C@@H](Cc2ccccc2)[C@H](O)CSc2ccccn2)cc1. The van der Waals surface area contributed by atoms with Gasteiger partial charge in [-0.25, -0.2) is 18.1 Å². The molecular formula is C22H24N2O4S2. The number of pyridine rings is 1. The first kappa shape index (κ1) is 22.3. The first-order valence-electron chi connectivity index (χ1n) is 9.40. The summed E-state index contributed by atoms with van der Waals surface area (Å²) in [6.45, 7) is 0. The summed E-state index contributed by atoms with van der Waals surface area (Å²) in [5.41, 5.74) is 0.932. The maximum Gasteiger partial charge on any atom is 0.240 e. The predicted molar refractivity (Wildman–Crippen MR) is 118 cm³/mol. The van der Waals surface area contributed by atoms with Gasteiger partial charge in [-0.2, -0.15) is 0 Å². The van der Waals surface area contributed by atoms with Crippen molar-refractivity contribution in [2.45, 2.75) is 28.5 Å². The second-order valence-electron chi connectivity index (χ2n) is 6.64. The van der Waals surface area contributed by atoms with E-state index in [9.17, 15) is 13.5 Å². The predicted octanol–water partition coefficient (Wildman–Crippen LogP) is 3.13. The summed E-state index contributed by atoms with van der Waals surface area (Å²) < 4.78 is 33.6. The Hall–Kier alpha value is -2.39. The molecule has 3 rings (SSSR count). The molecule has 0 aliphatic rings. The van der Waals surface area contributed by atoms with E-state index in [4.69, 9.17) is 4.74 Å². The van der Waals surface area contributed by atoms with Crippen LogP contribution >= 0.6 is 11.8 Å². The zero-order valence-electron chi connectivity index (χ0n) is 16.5. The monoisotopic (exact) mass is 444 g/mol. The van der Waals surface area contributed by atoms with E-state index in [-0.39, 0.29) is 4.90 Å². The molecule has 2 N–H and O–H groups in total. The van der Waals surface area contributed by atoms with Crippen molar-refractivity contribution in [1.29, 1.82) is 0 Å². The second kappa shape index (κ2) is 10.6. The van der Waals surface area contributed by atoms with Crippen LogP contribution in [0.3, 0.4) is 0 Å². The van der Waals surface area contributed by atoms with E-state index >= 15 is 0 Å². The summed E-state index contributed by atoms with van der Waals surface area (Å²) >= 11 is 1.38. The molecule has 0 radical (unpaired) electrons. The number of rotatable bonds is 10. The number of ether oxygens (including phenoxy) is 1. The van der Waals surface area contributed by atoms with Gasteiger partial charge in [0.25, 0.3) is 0 Å². The van der Waals surface area contributed by atoms with Crippen molar-refractivity contribution in [1.82, 2.24) is 9.71 Å². The summed E-state index contributed by atoms with van der Waals surface area (Å²) in [6, 6.07) is 20.5. The number of aromatic nitrogens is 1. The Labute approximate surface area is 181 Å². The standard InChI is InChI=1S/C22H24N2O4S2/c1-28-18-10-12-19(13-11-18)30(26,27)24-20(15-17-7-3-2-4-8-17)21(25)16-29-22-9-5-6-14-23-22/h2-14,20-21,24-25H,15-16H2,1H3/t20-,21+/m0/s1. The van der Waals surface area contributed by atoms with Crippen LogP contribution in [0.25, 0.3) is 0 Å². The molecule has 8 heteroatoms. The smallest absolute Gasteiger partial charge is 0.240 e. The molecule has 0 aliphatic carbocycles. The van der Waals surface area contributed by atoms with E-state index in [0.717, 1.165) is 10.6 Å². The minimum absolute atomic E-state index is 0.117. The Morgan fingerprint density at radius 2 is 1.73 bits per heavy atom. The van der Waals surface area contributed by atoms with Crippen molar-refractivity contribution in [3.8, 4) is 5.75 Å². The first-order valence-corrected chi connectivity index (χ1v) is 11.9. The average Bonchev–Trinajstić information content (AvgIpc) is 2.78. The zero-order chi connectivity index (χ0) is 21.4. The third-order valence-corrected chi connectivity index (χ3v) is 7.03. The molecule has 30 heavy (non-hydrogen) atoms. The molecule has 1 aromatic heterocycles. The van der Waals surface area contributed by atoms with Crippen LogP contribution in [0.5, 0.6) is 5.75 Å². The fourth-order valence-corrected chi connectivity index (χ4v) is 5.02. The number of nitrogens with zero attached hydrogens (tertiary/aromatic N) is 1. The third kappa shape index (κ3) is 6.30. The Balaban J connectivity index is 1.77. The number of thioether (sulfide) groups is 1. The second-order valence-corrected chi connectivity index (χ2v) is 9.39.